The number of sulfonamides is 1. The van der Waals surface area contributed by atoms with Gasteiger partial charge in [-0.1, -0.05) is 30.7 Å². The van der Waals surface area contributed by atoms with E-state index in [1.54, 1.807) is 36.4 Å². The molecule has 2 heterocycles. The van der Waals surface area contributed by atoms with Crippen LogP contribution in [0.25, 0.3) is 0 Å². The zero-order chi connectivity index (χ0) is 25.0. The van der Waals surface area contributed by atoms with E-state index in [0.29, 0.717) is 41.7 Å². The predicted molar refractivity (Wildman–Crippen MR) is 146 cm³/mol. The number of aryl methyl sites for hydroxylation is 1. The second-order valence-electron chi connectivity index (χ2n) is 8.84. The zero-order valence-electron chi connectivity index (χ0n) is 20.3. The van der Waals surface area contributed by atoms with Crippen molar-refractivity contribution in [3.63, 3.8) is 0 Å². The molecule has 1 fully saturated rings. The number of rotatable bonds is 9. The summed E-state index contributed by atoms with van der Waals surface area (Å²) in [6.07, 6.45) is 0. The molecule has 0 bridgehead atoms. The molecule has 0 amide bonds. The Bertz CT molecular complexity index is 1270. The van der Waals surface area contributed by atoms with Crippen LogP contribution >= 0.6 is 24.0 Å². The van der Waals surface area contributed by atoms with Gasteiger partial charge >= 0.3 is 0 Å². The number of ketones is 1. The maximum atomic E-state index is 12.9. The van der Waals surface area contributed by atoms with Gasteiger partial charge in [0.2, 0.25) is 15.8 Å². The third-order valence-corrected chi connectivity index (χ3v) is 7.82. The third kappa shape index (κ3) is 7.11. The number of halogens is 2. The average molecular weight is 553 g/mol. The summed E-state index contributed by atoms with van der Waals surface area (Å²) in [4.78, 5) is 18.3. The smallest absolute Gasteiger partial charge is 0.233 e. The number of aromatic amines is 1. The topological polar surface area (TPSA) is 91.5 Å². The highest BCUT2D eigenvalue weighted by molar-refractivity contribution is 7.92. The van der Waals surface area contributed by atoms with Crippen molar-refractivity contribution in [2.75, 3.05) is 43.3 Å². The minimum atomic E-state index is -3.44. The third-order valence-electron chi connectivity index (χ3n) is 6.30. The van der Waals surface area contributed by atoms with Gasteiger partial charge in [-0.2, -0.15) is 0 Å². The molecular formula is C26H31Cl2N3O4S. The van der Waals surface area contributed by atoms with Gasteiger partial charge in [-0.15, -0.1) is 12.4 Å². The quantitative estimate of drug-likeness (QED) is 0.370. The Balaban J connectivity index is 0.00000361. The van der Waals surface area contributed by atoms with Gasteiger partial charge in [0.25, 0.3) is 0 Å². The number of ether oxygens (including phenoxy) is 1. The van der Waals surface area contributed by atoms with Crippen molar-refractivity contribution in [3.8, 4) is 0 Å². The van der Waals surface area contributed by atoms with Crippen LogP contribution in [0.3, 0.4) is 0 Å². The van der Waals surface area contributed by atoms with Gasteiger partial charge in [0, 0.05) is 47.5 Å². The molecular weight excluding hydrogens is 521 g/mol. The summed E-state index contributed by atoms with van der Waals surface area (Å²) in [7, 11) is -3.44. The van der Waals surface area contributed by atoms with Crippen molar-refractivity contribution in [3.05, 3.63) is 87.7 Å². The lowest BCUT2D eigenvalue weighted by Gasteiger charge is -2.26. The van der Waals surface area contributed by atoms with Crippen LogP contribution in [0.5, 0.6) is 0 Å². The molecule has 3 aromatic rings. The maximum absolute atomic E-state index is 12.9. The summed E-state index contributed by atoms with van der Waals surface area (Å²) < 4.78 is 33.0. The van der Waals surface area contributed by atoms with Crippen molar-refractivity contribution in [2.45, 2.75) is 19.8 Å². The Hall–Kier alpha value is -2.36. The summed E-state index contributed by atoms with van der Waals surface area (Å²) in [5.74, 6) is -0.0518. The highest BCUT2D eigenvalue weighted by Crippen LogP contribution is 2.27. The van der Waals surface area contributed by atoms with Gasteiger partial charge in [-0.25, -0.2) is 8.42 Å². The van der Waals surface area contributed by atoms with Gasteiger partial charge in [0.1, 0.15) is 0 Å². The van der Waals surface area contributed by atoms with Crippen LogP contribution in [0.1, 0.15) is 45.7 Å². The second-order valence-corrected chi connectivity index (χ2v) is 11.1. The highest BCUT2D eigenvalue weighted by Gasteiger charge is 2.19. The largest absolute Gasteiger partial charge is 0.379 e. The van der Waals surface area contributed by atoms with E-state index in [1.165, 1.54) is 0 Å². The predicted octanol–water partition coefficient (Wildman–Crippen LogP) is 4.86. The molecule has 1 aromatic heterocycles. The van der Waals surface area contributed by atoms with Crippen LogP contribution in [-0.4, -0.2) is 62.7 Å². The van der Waals surface area contributed by atoms with Gasteiger partial charge < -0.3 is 9.72 Å². The molecule has 1 aliphatic rings. The normalized spacial score (nSPS) is 15.2. The second kappa shape index (κ2) is 12.3. The van der Waals surface area contributed by atoms with Crippen LogP contribution in [0.15, 0.2) is 54.6 Å². The molecule has 4 rings (SSSR count). The molecule has 7 nitrogen and oxygen atoms in total. The number of carbonyl (C=O) groups is 1. The maximum Gasteiger partial charge on any atom is 0.233 e. The molecule has 2 N–H and O–H groups in total. The van der Waals surface area contributed by atoms with E-state index in [4.69, 9.17) is 16.3 Å². The molecule has 2 aromatic carbocycles. The minimum absolute atomic E-state index is 0. The lowest BCUT2D eigenvalue weighted by Crippen LogP contribution is -2.39. The van der Waals surface area contributed by atoms with Crippen molar-refractivity contribution in [2.24, 2.45) is 0 Å². The van der Waals surface area contributed by atoms with Gasteiger partial charge in [-0.3, -0.25) is 14.4 Å². The molecule has 1 unspecified atom stereocenters. The van der Waals surface area contributed by atoms with E-state index in [1.807, 2.05) is 32.0 Å². The van der Waals surface area contributed by atoms with Crippen LogP contribution < -0.4 is 4.72 Å². The average Bonchev–Trinajstić information content (AvgIpc) is 3.25. The summed E-state index contributed by atoms with van der Waals surface area (Å²) in [5.41, 5.74) is 4.45. The summed E-state index contributed by atoms with van der Waals surface area (Å²) in [5, 5.41) is 0.585. The molecule has 1 atom stereocenters. The number of H-pyrrole nitrogens is 1. The molecule has 194 valence electrons. The summed E-state index contributed by atoms with van der Waals surface area (Å²) in [6.45, 7) is 7.24. The minimum Gasteiger partial charge on any atom is -0.379 e. The summed E-state index contributed by atoms with van der Waals surface area (Å²) >= 11 is 5.94. The van der Waals surface area contributed by atoms with Crippen LogP contribution in [0.2, 0.25) is 5.02 Å². The first-order valence-corrected chi connectivity index (χ1v) is 13.7. The lowest BCUT2D eigenvalue weighted by atomic mass is 9.97. The van der Waals surface area contributed by atoms with E-state index in [2.05, 4.69) is 14.6 Å². The molecule has 0 spiro atoms. The fourth-order valence-corrected chi connectivity index (χ4v) is 5.34. The standard InChI is InChI=1S/C26H30ClN3O4S.ClH/c1-18-17-24(28-25(18)26(31)21-3-7-22(27)8-4-21)19(2)20-5-9-23(10-6-20)29-35(32,33)16-13-30-11-14-34-15-12-30;/h3-10,17,19,28-29H,11-16H2,1-2H3;1H. The number of morpholine rings is 1. The molecule has 0 saturated carbocycles. The number of nitrogens with one attached hydrogen (secondary N) is 2. The fraction of sp³-hybridized carbons (Fsp3) is 0.346. The molecule has 36 heavy (non-hydrogen) atoms. The molecule has 1 saturated heterocycles. The number of anilines is 1. The Kier molecular flexibility index (Phi) is 9.60. The lowest BCUT2D eigenvalue weighted by molar-refractivity contribution is 0.0408. The number of benzene rings is 2. The molecule has 10 heteroatoms. The molecule has 1 aliphatic heterocycles. The van der Waals surface area contributed by atoms with Crippen LogP contribution in [0.4, 0.5) is 5.69 Å². The number of hydrogen-bond acceptors (Lipinski definition) is 5. The Labute approximate surface area is 223 Å². The fourth-order valence-electron chi connectivity index (χ4n) is 4.12. The van der Waals surface area contributed by atoms with E-state index in [0.717, 1.165) is 29.9 Å². The number of hydrogen-bond donors (Lipinski definition) is 2. The van der Waals surface area contributed by atoms with Crippen LogP contribution in [-0.2, 0) is 14.8 Å². The zero-order valence-corrected chi connectivity index (χ0v) is 22.7. The number of nitrogens with zero attached hydrogens (tertiary/aromatic N) is 1. The first-order chi connectivity index (χ1) is 16.7. The summed E-state index contributed by atoms with van der Waals surface area (Å²) in [6, 6.07) is 16.2. The van der Waals surface area contributed by atoms with E-state index in [-0.39, 0.29) is 29.9 Å². The molecule has 0 radical (unpaired) electrons. The van der Waals surface area contributed by atoms with Crippen molar-refractivity contribution >= 4 is 45.5 Å². The van der Waals surface area contributed by atoms with E-state index < -0.39 is 10.0 Å². The van der Waals surface area contributed by atoms with Crippen LogP contribution in [0, 0.1) is 6.92 Å². The van der Waals surface area contributed by atoms with E-state index in [9.17, 15) is 13.2 Å². The Morgan fingerprint density at radius 2 is 1.75 bits per heavy atom. The first-order valence-electron chi connectivity index (χ1n) is 11.6. The van der Waals surface area contributed by atoms with Crippen molar-refractivity contribution in [1.29, 1.82) is 0 Å². The number of aromatic nitrogens is 1. The number of carbonyl (C=O) groups excluding carboxylic acids is 1. The van der Waals surface area contributed by atoms with Gasteiger partial charge in [-0.05, 0) is 60.5 Å². The SMILES string of the molecule is Cc1cc(C(C)c2ccc(NS(=O)(=O)CCN3CCOCC3)cc2)[nH]c1C(=O)c1ccc(Cl)cc1.Cl. The first kappa shape index (κ1) is 28.2. The highest BCUT2D eigenvalue weighted by atomic mass is 35.5. The van der Waals surface area contributed by atoms with Crippen molar-refractivity contribution < 1.29 is 17.9 Å². The van der Waals surface area contributed by atoms with Gasteiger partial charge in [0.05, 0.1) is 24.7 Å². The van der Waals surface area contributed by atoms with Crippen molar-refractivity contribution in [1.82, 2.24) is 9.88 Å². The monoisotopic (exact) mass is 551 g/mol. The Morgan fingerprint density at radius 1 is 1.11 bits per heavy atom. The van der Waals surface area contributed by atoms with E-state index >= 15 is 0 Å². The Morgan fingerprint density at radius 3 is 2.39 bits per heavy atom. The molecule has 0 aliphatic carbocycles. The van der Waals surface area contributed by atoms with Gasteiger partial charge in [0.15, 0.2) is 0 Å².